The molecule has 4 rings (SSSR count). The molecule has 0 bridgehead atoms. The van der Waals surface area contributed by atoms with Gasteiger partial charge >= 0.3 is 11.7 Å². The molecule has 0 spiro atoms. The number of nitrogens with two attached hydrogens (primary N) is 1. The first-order valence-electron chi connectivity index (χ1n) is 12.7. The van der Waals surface area contributed by atoms with Crippen LogP contribution < -0.4 is 22.2 Å². The van der Waals surface area contributed by atoms with Gasteiger partial charge in [-0.1, -0.05) is 52.0 Å². The van der Waals surface area contributed by atoms with Gasteiger partial charge in [0, 0.05) is 31.3 Å². The van der Waals surface area contributed by atoms with Crippen molar-refractivity contribution in [1.29, 1.82) is 0 Å². The number of nitrogens with zero attached hydrogens (tertiary/aromatic N) is 3. The normalized spacial score (nSPS) is 13.2. The molecule has 0 radical (unpaired) electrons. The Morgan fingerprint density at radius 3 is 2.31 bits per heavy atom. The third-order valence-electron chi connectivity index (χ3n) is 7.10. The monoisotopic (exact) mass is 487 g/mol. The molecule has 2 aromatic carbocycles. The van der Waals surface area contributed by atoms with Crippen molar-refractivity contribution in [2.75, 3.05) is 6.54 Å². The number of hydrogen-bond donors (Lipinski definition) is 2. The Morgan fingerprint density at radius 1 is 1.06 bits per heavy atom. The summed E-state index contributed by atoms with van der Waals surface area (Å²) in [6.45, 7) is 14.0. The number of para-hydroxylation sites is 1. The highest BCUT2D eigenvalue weighted by molar-refractivity contribution is 5.71. The molecule has 0 atom stereocenters. The van der Waals surface area contributed by atoms with Gasteiger partial charge in [-0.25, -0.2) is 14.6 Å². The molecule has 2 heterocycles. The second-order valence-corrected chi connectivity index (χ2v) is 10.3. The number of rotatable bonds is 6. The third-order valence-corrected chi connectivity index (χ3v) is 7.10. The summed E-state index contributed by atoms with van der Waals surface area (Å²) in [5.41, 5.74) is 14.6. The molecule has 0 fully saturated rings. The summed E-state index contributed by atoms with van der Waals surface area (Å²) in [5, 5.41) is 2.61. The second-order valence-electron chi connectivity index (χ2n) is 10.3. The van der Waals surface area contributed by atoms with Gasteiger partial charge in [0.2, 0.25) is 0 Å². The Balaban J connectivity index is 2.03. The summed E-state index contributed by atoms with van der Waals surface area (Å²) in [6.07, 6.45) is 0.799. The van der Waals surface area contributed by atoms with E-state index in [0.717, 1.165) is 34.5 Å². The number of benzene rings is 2. The molecular weight excluding hydrogens is 450 g/mol. The van der Waals surface area contributed by atoms with Crippen LogP contribution >= 0.6 is 0 Å². The average molecular weight is 488 g/mol. The maximum Gasteiger partial charge on any atom is 0.330 e. The van der Waals surface area contributed by atoms with Crippen molar-refractivity contribution in [3.63, 3.8) is 0 Å². The Morgan fingerprint density at radius 2 is 1.69 bits per heavy atom. The lowest BCUT2D eigenvalue weighted by atomic mass is 9.92. The van der Waals surface area contributed by atoms with Crippen LogP contribution in [0, 0.1) is 13.8 Å². The second kappa shape index (κ2) is 10.2. The lowest BCUT2D eigenvalue weighted by molar-refractivity contribution is 0.248. The quantitative estimate of drug-likeness (QED) is 0.530. The fraction of sp³-hybridized carbons (Fsp3) is 0.414. The van der Waals surface area contributed by atoms with E-state index in [-0.39, 0.29) is 30.6 Å². The molecule has 7 heteroatoms. The molecular formula is C29H37N5O2. The van der Waals surface area contributed by atoms with Crippen molar-refractivity contribution in [3.05, 3.63) is 80.2 Å². The molecule has 3 aromatic rings. The van der Waals surface area contributed by atoms with Gasteiger partial charge in [-0.05, 0) is 66.0 Å². The minimum Gasteiger partial charge on any atom is -0.352 e. The predicted molar refractivity (Wildman–Crippen MR) is 145 cm³/mol. The maximum atomic E-state index is 13.8. The molecule has 3 N–H and O–H groups in total. The van der Waals surface area contributed by atoms with Gasteiger partial charge in [0.1, 0.15) is 5.49 Å². The fourth-order valence-electron chi connectivity index (χ4n) is 4.97. The van der Waals surface area contributed by atoms with E-state index in [9.17, 15) is 9.59 Å². The highest BCUT2D eigenvalue weighted by Gasteiger charge is 2.21. The van der Waals surface area contributed by atoms with E-state index < -0.39 is 6.03 Å². The largest absolute Gasteiger partial charge is 0.352 e. The number of aromatic nitrogens is 2. The molecule has 0 saturated carbocycles. The first-order chi connectivity index (χ1) is 17.1. The van der Waals surface area contributed by atoms with Crippen molar-refractivity contribution in [2.24, 2.45) is 10.7 Å². The Bertz CT molecular complexity index is 1420. The summed E-state index contributed by atoms with van der Waals surface area (Å²) in [4.78, 5) is 30.3. The smallest absolute Gasteiger partial charge is 0.330 e. The van der Waals surface area contributed by atoms with Crippen molar-refractivity contribution < 1.29 is 4.79 Å². The van der Waals surface area contributed by atoms with Crippen LogP contribution in [-0.2, 0) is 19.5 Å². The third kappa shape index (κ3) is 4.87. The van der Waals surface area contributed by atoms with Crippen LogP contribution in [0.2, 0.25) is 0 Å². The molecule has 0 unspecified atom stereocenters. The number of carbonyl (C=O) groups excluding carboxylic acids is 1. The van der Waals surface area contributed by atoms with Crippen molar-refractivity contribution in [2.45, 2.75) is 72.9 Å². The number of carbonyl (C=O) groups is 1. The van der Waals surface area contributed by atoms with E-state index in [1.165, 1.54) is 16.7 Å². The average Bonchev–Trinajstić information content (AvgIpc) is 2.81. The Labute approximate surface area is 212 Å². The molecule has 36 heavy (non-hydrogen) atoms. The van der Waals surface area contributed by atoms with E-state index in [0.29, 0.717) is 12.0 Å². The van der Waals surface area contributed by atoms with E-state index >= 15 is 0 Å². The molecule has 0 saturated heterocycles. The first-order valence-corrected chi connectivity index (χ1v) is 12.7. The number of hydrogen-bond acceptors (Lipinski definition) is 3. The van der Waals surface area contributed by atoms with Crippen LogP contribution in [0.3, 0.4) is 0 Å². The first kappa shape index (κ1) is 25.5. The molecule has 190 valence electrons. The van der Waals surface area contributed by atoms with Crippen molar-refractivity contribution >= 4 is 11.7 Å². The zero-order valence-corrected chi connectivity index (χ0v) is 22.2. The van der Waals surface area contributed by atoms with Gasteiger partial charge in [0.05, 0.1) is 11.4 Å². The van der Waals surface area contributed by atoms with Gasteiger partial charge in [-0.15, -0.1) is 0 Å². The molecule has 1 aromatic heterocycles. The molecule has 1 aliphatic rings. The Kier molecular flexibility index (Phi) is 7.20. The fourth-order valence-corrected chi connectivity index (χ4v) is 4.97. The van der Waals surface area contributed by atoms with Gasteiger partial charge in [0.25, 0.3) is 0 Å². The van der Waals surface area contributed by atoms with Crippen LogP contribution in [0.1, 0.15) is 67.3 Å². The lowest BCUT2D eigenvalue weighted by Gasteiger charge is -2.24. The highest BCUT2D eigenvalue weighted by atomic mass is 16.2. The highest BCUT2D eigenvalue weighted by Crippen LogP contribution is 2.35. The van der Waals surface area contributed by atoms with Crippen molar-refractivity contribution in [3.8, 4) is 11.3 Å². The van der Waals surface area contributed by atoms with Gasteiger partial charge in [-0.3, -0.25) is 9.13 Å². The summed E-state index contributed by atoms with van der Waals surface area (Å²) in [5.74, 6) is 0.551. The Hall–Kier alpha value is -3.61. The zero-order valence-electron chi connectivity index (χ0n) is 22.2. The topological polar surface area (TPSA) is 94.4 Å². The lowest BCUT2D eigenvalue weighted by Crippen LogP contribution is -2.44. The number of urea groups is 1. The van der Waals surface area contributed by atoms with Crippen molar-refractivity contribution in [1.82, 2.24) is 14.5 Å². The minimum atomic E-state index is -0.612. The maximum absolute atomic E-state index is 13.8. The summed E-state index contributed by atoms with van der Waals surface area (Å²) < 4.78 is 3.49. The van der Waals surface area contributed by atoms with E-state index in [4.69, 9.17) is 10.7 Å². The minimum absolute atomic E-state index is 0.130. The van der Waals surface area contributed by atoms with Gasteiger partial charge < -0.3 is 11.1 Å². The van der Waals surface area contributed by atoms with E-state index in [1.54, 1.807) is 4.57 Å². The van der Waals surface area contributed by atoms with Gasteiger partial charge in [0.15, 0.2) is 0 Å². The van der Waals surface area contributed by atoms with Crippen LogP contribution in [0.15, 0.2) is 46.2 Å². The number of amides is 2. The van der Waals surface area contributed by atoms with Gasteiger partial charge in [-0.2, -0.15) is 0 Å². The number of aryl methyl sites for hydroxylation is 3. The molecule has 7 nitrogen and oxygen atoms in total. The number of nitrogens with one attached hydrogen (secondary N) is 1. The summed E-state index contributed by atoms with van der Waals surface area (Å²) in [6, 6.07) is 12.1. The van der Waals surface area contributed by atoms with E-state index in [1.807, 2.05) is 10.6 Å². The van der Waals surface area contributed by atoms with Crippen LogP contribution in [0.4, 0.5) is 10.5 Å². The van der Waals surface area contributed by atoms with Crippen LogP contribution in [0.25, 0.3) is 11.3 Å². The number of primary amides is 1. The summed E-state index contributed by atoms with van der Waals surface area (Å²) >= 11 is 0. The number of fused-ring (bicyclic) bond motifs is 3. The molecule has 0 aliphatic carbocycles. The summed E-state index contributed by atoms with van der Waals surface area (Å²) in [7, 11) is 0. The molecule has 1 aliphatic heterocycles. The van der Waals surface area contributed by atoms with Crippen LogP contribution in [-0.4, -0.2) is 21.7 Å². The zero-order chi connectivity index (χ0) is 26.1. The SMILES string of the molecule is Cc1cc2c(cc1C)-c1c/c(=N\c3c(C(C)C)cccc3C(C)C)n(CCNC(N)=O)c(=O)n1CC2. The van der Waals surface area contributed by atoms with Crippen LogP contribution in [0.5, 0.6) is 0 Å². The standard InChI is InChI=1S/C29H37N5O2/c1-17(2)22-8-7-9-23(18(3)4)27(22)32-26-16-25-24-15-20(6)19(5)14-21(24)10-12-33(25)29(36)34(26)13-11-31-28(30)35/h7-9,14-18H,10-13H2,1-6H3,(H3,30,31,35)/b32-26+. The van der Waals surface area contributed by atoms with E-state index in [2.05, 4.69) is 77.2 Å². The molecule has 2 amide bonds. The predicted octanol–water partition coefficient (Wildman–Crippen LogP) is 4.64.